The number of hydrogen-bond acceptors (Lipinski definition) is 2. The highest BCUT2D eigenvalue weighted by molar-refractivity contribution is 6.31. The van der Waals surface area contributed by atoms with E-state index in [2.05, 4.69) is 0 Å². The lowest BCUT2D eigenvalue weighted by Gasteiger charge is -2.14. The number of hydrogen-bond donors (Lipinski definition) is 0. The summed E-state index contributed by atoms with van der Waals surface area (Å²) in [5.74, 6) is 1.56. The summed E-state index contributed by atoms with van der Waals surface area (Å²) in [6.45, 7) is 1.37. The first-order valence-corrected chi connectivity index (χ1v) is 7.82. The molecule has 21 heavy (non-hydrogen) atoms. The second kappa shape index (κ2) is 6.59. The van der Waals surface area contributed by atoms with Crippen molar-refractivity contribution in [2.75, 3.05) is 13.2 Å². The van der Waals surface area contributed by atoms with Gasteiger partial charge < -0.3 is 9.47 Å². The highest BCUT2D eigenvalue weighted by Crippen LogP contribution is 2.35. The van der Waals surface area contributed by atoms with Gasteiger partial charge in [0.25, 0.3) is 0 Å². The van der Waals surface area contributed by atoms with Gasteiger partial charge in [-0.2, -0.15) is 0 Å². The smallest absolute Gasteiger partial charge is 0.161 e. The molecule has 2 aromatic rings. The zero-order chi connectivity index (χ0) is 14.7. The molecule has 2 nitrogen and oxygen atoms in total. The van der Waals surface area contributed by atoms with Crippen LogP contribution in [-0.4, -0.2) is 13.2 Å². The molecule has 0 bridgehead atoms. The molecule has 1 heterocycles. The number of rotatable bonds is 3. The fourth-order valence-corrected chi connectivity index (χ4v) is 2.86. The minimum Gasteiger partial charge on any atom is -0.490 e. The van der Waals surface area contributed by atoms with Gasteiger partial charge in [-0.25, -0.2) is 0 Å². The molecule has 0 N–H and O–H groups in total. The van der Waals surface area contributed by atoms with Crippen LogP contribution < -0.4 is 9.47 Å². The molecule has 4 heteroatoms. The lowest BCUT2D eigenvalue weighted by molar-refractivity contribution is 0.297. The van der Waals surface area contributed by atoms with Crippen LogP contribution in [0.3, 0.4) is 0 Å². The molecular weight excluding hydrogens is 307 g/mol. The Hall–Kier alpha value is -1.38. The van der Waals surface area contributed by atoms with E-state index in [1.54, 1.807) is 0 Å². The van der Waals surface area contributed by atoms with E-state index in [9.17, 15) is 0 Å². The number of halogens is 2. The zero-order valence-electron chi connectivity index (χ0n) is 11.5. The van der Waals surface area contributed by atoms with Crippen LogP contribution in [0.15, 0.2) is 42.5 Å². The summed E-state index contributed by atoms with van der Waals surface area (Å²) in [6.07, 6.45) is 1.58. The van der Waals surface area contributed by atoms with Gasteiger partial charge in [-0.05, 0) is 35.7 Å². The number of ether oxygens (including phenoxy) is 2. The van der Waals surface area contributed by atoms with Crippen molar-refractivity contribution in [1.29, 1.82) is 0 Å². The summed E-state index contributed by atoms with van der Waals surface area (Å²) >= 11 is 12.7. The van der Waals surface area contributed by atoms with Crippen LogP contribution in [0.2, 0.25) is 5.02 Å². The third-order valence-corrected chi connectivity index (χ3v) is 4.27. The molecule has 0 radical (unpaired) electrons. The summed E-state index contributed by atoms with van der Waals surface area (Å²) < 4.78 is 11.3. The van der Waals surface area contributed by atoms with Gasteiger partial charge in [-0.3, -0.25) is 0 Å². The van der Waals surface area contributed by atoms with Crippen molar-refractivity contribution in [1.82, 2.24) is 0 Å². The van der Waals surface area contributed by atoms with Gasteiger partial charge in [-0.1, -0.05) is 35.9 Å². The van der Waals surface area contributed by atoms with E-state index in [1.807, 2.05) is 42.5 Å². The van der Waals surface area contributed by atoms with Crippen molar-refractivity contribution in [3.63, 3.8) is 0 Å². The molecule has 3 rings (SSSR count). The maximum atomic E-state index is 6.54. The molecular formula is C17H16Cl2O2. The Bertz CT molecular complexity index is 628. The highest BCUT2D eigenvalue weighted by Gasteiger charge is 2.16. The van der Waals surface area contributed by atoms with Gasteiger partial charge in [0.1, 0.15) is 0 Å². The van der Waals surface area contributed by atoms with E-state index in [1.165, 1.54) is 0 Å². The second-order valence-electron chi connectivity index (χ2n) is 5.02. The molecule has 0 aliphatic carbocycles. The number of fused-ring (bicyclic) bond motifs is 1. The SMILES string of the molecule is Clc1ccccc1CC(Cl)c1ccc2c(c1)OCCCO2. The predicted octanol–water partition coefficient (Wildman–Crippen LogP) is 5.02. The Balaban J connectivity index is 1.80. The average Bonchev–Trinajstić information content (AvgIpc) is 2.74. The Labute approximate surface area is 134 Å². The van der Waals surface area contributed by atoms with Gasteiger partial charge in [0.05, 0.1) is 18.6 Å². The van der Waals surface area contributed by atoms with Crippen LogP contribution in [0.25, 0.3) is 0 Å². The molecule has 1 unspecified atom stereocenters. The van der Waals surface area contributed by atoms with E-state index in [4.69, 9.17) is 32.7 Å². The van der Waals surface area contributed by atoms with Gasteiger partial charge >= 0.3 is 0 Å². The average molecular weight is 323 g/mol. The Morgan fingerprint density at radius 3 is 2.57 bits per heavy atom. The highest BCUT2D eigenvalue weighted by atomic mass is 35.5. The molecule has 1 aliphatic rings. The normalized spacial score (nSPS) is 15.3. The van der Waals surface area contributed by atoms with Crippen molar-refractivity contribution in [2.45, 2.75) is 18.2 Å². The van der Waals surface area contributed by atoms with E-state index in [0.717, 1.165) is 34.1 Å². The summed E-state index contributed by atoms with van der Waals surface area (Å²) in [7, 11) is 0. The summed E-state index contributed by atoms with van der Waals surface area (Å²) in [4.78, 5) is 0. The van der Waals surface area contributed by atoms with Crippen LogP contribution >= 0.6 is 23.2 Å². The molecule has 0 fully saturated rings. The Kier molecular flexibility index (Phi) is 4.57. The minimum absolute atomic E-state index is 0.151. The summed E-state index contributed by atoms with van der Waals surface area (Å²) in [5, 5.41) is 0.597. The maximum Gasteiger partial charge on any atom is 0.161 e. The molecule has 0 amide bonds. The first-order valence-electron chi connectivity index (χ1n) is 7.01. The van der Waals surface area contributed by atoms with Crippen molar-refractivity contribution >= 4 is 23.2 Å². The van der Waals surface area contributed by atoms with E-state index >= 15 is 0 Å². The largest absolute Gasteiger partial charge is 0.490 e. The molecule has 0 saturated carbocycles. The van der Waals surface area contributed by atoms with Crippen molar-refractivity contribution in [3.05, 3.63) is 58.6 Å². The quantitative estimate of drug-likeness (QED) is 0.738. The summed E-state index contributed by atoms with van der Waals surface area (Å²) in [6, 6.07) is 13.7. The zero-order valence-corrected chi connectivity index (χ0v) is 13.0. The molecule has 110 valence electrons. The first-order chi connectivity index (χ1) is 10.2. The maximum absolute atomic E-state index is 6.54. The van der Waals surface area contributed by atoms with E-state index < -0.39 is 0 Å². The third-order valence-electron chi connectivity index (χ3n) is 3.49. The molecule has 1 atom stereocenters. The number of alkyl halides is 1. The third kappa shape index (κ3) is 3.45. The van der Waals surface area contributed by atoms with E-state index in [-0.39, 0.29) is 5.38 Å². The van der Waals surface area contributed by atoms with Crippen LogP contribution in [0.5, 0.6) is 11.5 Å². The summed E-state index contributed by atoms with van der Waals surface area (Å²) in [5.41, 5.74) is 2.06. The predicted molar refractivity (Wildman–Crippen MR) is 85.8 cm³/mol. The van der Waals surface area contributed by atoms with Crippen LogP contribution in [-0.2, 0) is 6.42 Å². The van der Waals surface area contributed by atoms with Crippen molar-refractivity contribution < 1.29 is 9.47 Å². The van der Waals surface area contributed by atoms with Crippen LogP contribution in [0.1, 0.15) is 22.9 Å². The van der Waals surface area contributed by atoms with E-state index in [0.29, 0.717) is 19.6 Å². The van der Waals surface area contributed by atoms with Gasteiger partial charge in [0, 0.05) is 11.4 Å². The van der Waals surface area contributed by atoms with Gasteiger partial charge in [0.2, 0.25) is 0 Å². The number of benzene rings is 2. The van der Waals surface area contributed by atoms with Gasteiger partial charge in [0.15, 0.2) is 11.5 Å². The van der Waals surface area contributed by atoms with Crippen LogP contribution in [0.4, 0.5) is 0 Å². The lowest BCUT2D eigenvalue weighted by atomic mass is 10.0. The van der Waals surface area contributed by atoms with Crippen molar-refractivity contribution in [2.24, 2.45) is 0 Å². The standard InChI is InChI=1S/C17H16Cl2O2/c18-14-5-2-1-4-12(14)10-15(19)13-6-7-16-17(11-13)21-9-3-8-20-16/h1-2,4-7,11,15H,3,8-10H2. The molecule has 2 aromatic carbocycles. The fraction of sp³-hybridized carbons (Fsp3) is 0.294. The Morgan fingerprint density at radius 2 is 1.76 bits per heavy atom. The molecule has 0 spiro atoms. The molecule has 0 saturated heterocycles. The van der Waals surface area contributed by atoms with Crippen LogP contribution in [0, 0.1) is 0 Å². The monoisotopic (exact) mass is 322 g/mol. The van der Waals surface area contributed by atoms with Crippen molar-refractivity contribution in [3.8, 4) is 11.5 Å². The molecule has 0 aromatic heterocycles. The van der Waals surface area contributed by atoms with Gasteiger partial charge in [-0.15, -0.1) is 11.6 Å². The molecule has 1 aliphatic heterocycles. The fourth-order valence-electron chi connectivity index (χ4n) is 2.35. The first kappa shape index (κ1) is 14.6. The Morgan fingerprint density at radius 1 is 1.00 bits per heavy atom. The minimum atomic E-state index is -0.151. The lowest BCUT2D eigenvalue weighted by Crippen LogP contribution is -1.99. The topological polar surface area (TPSA) is 18.5 Å². The second-order valence-corrected chi connectivity index (χ2v) is 5.95.